The van der Waals surface area contributed by atoms with Crippen molar-refractivity contribution in [3.05, 3.63) is 11.9 Å². The minimum absolute atomic E-state index is 0.568. The summed E-state index contributed by atoms with van der Waals surface area (Å²) in [5.74, 6) is 3.53. The molecule has 0 radical (unpaired) electrons. The molecule has 1 fully saturated rings. The van der Waals surface area contributed by atoms with Crippen LogP contribution < -0.4 is 10.2 Å². The monoisotopic (exact) mass is 278 g/mol. The molecule has 1 N–H and O–H groups in total. The van der Waals surface area contributed by atoms with Gasteiger partial charge in [0.1, 0.15) is 17.5 Å². The molecule has 112 valence electrons. The number of hydrogen-bond acceptors (Lipinski definition) is 5. The number of nitrogens with one attached hydrogen (secondary N) is 1. The van der Waals surface area contributed by atoms with Crippen LogP contribution >= 0.6 is 0 Å². The first-order valence-corrected chi connectivity index (χ1v) is 7.65. The van der Waals surface area contributed by atoms with Gasteiger partial charge < -0.3 is 15.0 Å². The topological polar surface area (TPSA) is 50.3 Å². The van der Waals surface area contributed by atoms with Crippen LogP contribution in [-0.2, 0) is 4.74 Å². The van der Waals surface area contributed by atoms with Crippen molar-refractivity contribution in [1.29, 1.82) is 0 Å². The largest absolute Gasteiger partial charge is 0.383 e. The lowest BCUT2D eigenvalue weighted by Gasteiger charge is -2.22. The zero-order chi connectivity index (χ0) is 14.4. The predicted octanol–water partition coefficient (Wildman–Crippen LogP) is 2.65. The van der Waals surface area contributed by atoms with Gasteiger partial charge in [-0.15, -0.1) is 0 Å². The Morgan fingerprint density at radius 2 is 2.15 bits per heavy atom. The summed E-state index contributed by atoms with van der Waals surface area (Å²) < 4.78 is 5.18. The molecule has 1 heterocycles. The second-order valence-electron chi connectivity index (χ2n) is 5.24. The fourth-order valence-electron chi connectivity index (χ4n) is 2.12. The van der Waals surface area contributed by atoms with E-state index < -0.39 is 0 Å². The summed E-state index contributed by atoms with van der Waals surface area (Å²) in [4.78, 5) is 11.6. The fraction of sp³-hybridized carbons (Fsp3) is 0.733. The van der Waals surface area contributed by atoms with E-state index in [1.807, 2.05) is 0 Å². The van der Waals surface area contributed by atoms with E-state index in [1.54, 1.807) is 7.11 Å². The first-order valence-electron chi connectivity index (χ1n) is 7.65. The maximum atomic E-state index is 5.18. The van der Waals surface area contributed by atoms with E-state index in [1.165, 1.54) is 12.8 Å². The molecule has 0 aromatic carbocycles. The summed E-state index contributed by atoms with van der Waals surface area (Å²) >= 11 is 0. The molecule has 0 bridgehead atoms. The summed E-state index contributed by atoms with van der Waals surface area (Å²) in [5.41, 5.74) is 0. The third kappa shape index (κ3) is 4.07. The van der Waals surface area contributed by atoms with Crippen LogP contribution in [0.4, 0.5) is 11.6 Å². The molecule has 0 amide bonds. The Hall–Kier alpha value is -1.36. The summed E-state index contributed by atoms with van der Waals surface area (Å²) in [7, 11) is 1.73. The van der Waals surface area contributed by atoms with Gasteiger partial charge in [0, 0.05) is 38.7 Å². The number of aromatic nitrogens is 2. The first-order chi connectivity index (χ1) is 9.78. The van der Waals surface area contributed by atoms with Gasteiger partial charge in [0.05, 0.1) is 6.61 Å². The zero-order valence-electron chi connectivity index (χ0n) is 12.9. The van der Waals surface area contributed by atoms with Gasteiger partial charge in [0.15, 0.2) is 0 Å². The highest BCUT2D eigenvalue weighted by Gasteiger charge is 2.27. The van der Waals surface area contributed by atoms with Gasteiger partial charge in [-0.25, -0.2) is 9.97 Å². The summed E-state index contributed by atoms with van der Waals surface area (Å²) in [6.45, 7) is 7.76. The second kappa shape index (κ2) is 7.43. The van der Waals surface area contributed by atoms with Crippen LogP contribution in [0.15, 0.2) is 6.07 Å². The minimum atomic E-state index is 0.568. The summed E-state index contributed by atoms with van der Waals surface area (Å²) in [5, 5.41) is 3.38. The number of anilines is 2. The molecular formula is C15H26N4O. The van der Waals surface area contributed by atoms with Gasteiger partial charge in [-0.3, -0.25) is 0 Å². The average molecular weight is 278 g/mol. The van der Waals surface area contributed by atoms with E-state index in [4.69, 9.17) is 9.72 Å². The summed E-state index contributed by atoms with van der Waals surface area (Å²) in [6, 6.07) is 2.06. The van der Waals surface area contributed by atoms with Crippen LogP contribution in [0.5, 0.6) is 0 Å². The van der Waals surface area contributed by atoms with E-state index >= 15 is 0 Å². The molecule has 1 aromatic rings. The van der Waals surface area contributed by atoms with Crippen LogP contribution in [0.3, 0.4) is 0 Å². The minimum Gasteiger partial charge on any atom is -0.383 e. The van der Waals surface area contributed by atoms with Crippen molar-refractivity contribution in [2.45, 2.75) is 39.0 Å². The van der Waals surface area contributed by atoms with E-state index in [2.05, 4.69) is 35.1 Å². The average Bonchev–Trinajstić information content (AvgIpc) is 3.30. The lowest BCUT2D eigenvalue weighted by Crippen LogP contribution is -2.28. The molecule has 20 heavy (non-hydrogen) atoms. The fourth-order valence-corrected chi connectivity index (χ4v) is 2.12. The predicted molar refractivity (Wildman–Crippen MR) is 82.6 cm³/mol. The van der Waals surface area contributed by atoms with E-state index in [0.717, 1.165) is 43.5 Å². The zero-order valence-corrected chi connectivity index (χ0v) is 12.9. The van der Waals surface area contributed by atoms with Crippen molar-refractivity contribution in [3.8, 4) is 0 Å². The van der Waals surface area contributed by atoms with Crippen molar-refractivity contribution in [3.63, 3.8) is 0 Å². The van der Waals surface area contributed by atoms with Crippen LogP contribution in [0.2, 0.25) is 0 Å². The van der Waals surface area contributed by atoms with Crippen molar-refractivity contribution < 1.29 is 4.74 Å². The van der Waals surface area contributed by atoms with Crippen LogP contribution in [0, 0.1) is 0 Å². The maximum Gasteiger partial charge on any atom is 0.136 e. The molecule has 5 nitrogen and oxygen atoms in total. The van der Waals surface area contributed by atoms with Gasteiger partial charge >= 0.3 is 0 Å². The van der Waals surface area contributed by atoms with Crippen LogP contribution in [-0.4, -0.2) is 43.3 Å². The Morgan fingerprint density at radius 3 is 2.75 bits per heavy atom. The Labute approximate surface area is 121 Å². The Balaban J connectivity index is 2.17. The number of likely N-dealkylation sites (N-methyl/N-ethyl adjacent to an activating group) is 1. The van der Waals surface area contributed by atoms with Crippen molar-refractivity contribution in [1.82, 2.24) is 9.97 Å². The Kier molecular flexibility index (Phi) is 5.59. The molecule has 0 atom stereocenters. The third-order valence-electron chi connectivity index (χ3n) is 3.50. The smallest absolute Gasteiger partial charge is 0.136 e. The van der Waals surface area contributed by atoms with Gasteiger partial charge in [-0.05, 0) is 26.2 Å². The molecule has 1 saturated carbocycles. The van der Waals surface area contributed by atoms with Gasteiger partial charge in [0.2, 0.25) is 0 Å². The highest BCUT2D eigenvalue weighted by Crippen LogP contribution is 2.39. The molecule has 2 rings (SSSR count). The van der Waals surface area contributed by atoms with Gasteiger partial charge in [-0.1, -0.05) is 6.92 Å². The lowest BCUT2D eigenvalue weighted by molar-refractivity contribution is 0.205. The molecule has 0 spiro atoms. The SMILES string of the molecule is CCCNc1cc(N(CC)CCOC)nc(C2CC2)n1. The lowest BCUT2D eigenvalue weighted by atomic mass is 10.3. The highest BCUT2D eigenvalue weighted by atomic mass is 16.5. The van der Waals surface area contributed by atoms with Crippen molar-refractivity contribution in [2.75, 3.05) is 43.6 Å². The third-order valence-corrected chi connectivity index (χ3v) is 3.50. The van der Waals surface area contributed by atoms with Crippen LogP contribution in [0.1, 0.15) is 44.9 Å². The maximum absolute atomic E-state index is 5.18. The summed E-state index contributed by atoms with van der Waals surface area (Å²) in [6.07, 6.45) is 3.54. The van der Waals surface area contributed by atoms with Crippen LogP contribution in [0.25, 0.3) is 0 Å². The van der Waals surface area contributed by atoms with E-state index in [0.29, 0.717) is 12.5 Å². The number of nitrogens with zero attached hydrogens (tertiary/aromatic N) is 3. The number of hydrogen-bond donors (Lipinski definition) is 1. The normalized spacial score (nSPS) is 14.3. The standard InChI is InChI=1S/C15H26N4O/c1-4-8-16-13-11-14(19(5-2)9-10-20-3)18-15(17-13)12-6-7-12/h11-12H,4-10H2,1-3H3,(H,16,17,18). The van der Waals surface area contributed by atoms with E-state index in [-0.39, 0.29) is 0 Å². The molecule has 0 saturated heterocycles. The quantitative estimate of drug-likeness (QED) is 0.752. The molecular weight excluding hydrogens is 252 g/mol. The van der Waals surface area contributed by atoms with Gasteiger partial charge in [-0.2, -0.15) is 0 Å². The number of methoxy groups -OCH3 is 1. The van der Waals surface area contributed by atoms with Crippen molar-refractivity contribution >= 4 is 11.6 Å². The molecule has 0 aliphatic heterocycles. The molecule has 0 unspecified atom stereocenters. The number of ether oxygens (including phenoxy) is 1. The first kappa shape index (κ1) is 15.0. The molecule has 1 aliphatic carbocycles. The molecule has 5 heteroatoms. The second-order valence-corrected chi connectivity index (χ2v) is 5.24. The highest BCUT2D eigenvalue weighted by molar-refractivity contribution is 5.50. The number of rotatable bonds is 9. The molecule has 1 aromatic heterocycles. The van der Waals surface area contributed by atoms with E-state index in [9.17, 15) is 0 Å². The Morgan fingerprint density at radius 1 is 1.35 bits per heavy atom. The Bertz CT molecular complexity index is 420. The van der Waals surface area contributed by atoms with Crippen molar-refractivity contribution in [2.24, 2.45) is 0 Å². The molecule has 1 aliphatic rings. The van der Waals surface area contributed by atoms with Gasteiger partial charge in [0.25, 0.3) is 0 Å².